The summed E-state index contributed by atoms with van der Waals surface area (Å²) < 4.78 is 74.8. The largest absolute Gasteiger partial charge is 1.00 e. The van der Waals surface area contributed by atoms with E-state index < -0.39 is 27.1 Å². The topological polar surface area (TPSA) is 127 Å². The van der Waals surface area contributed by atoms with Crippen molar-refractivity contribution in [3.05, 3.63) is 376 Å². The fraction of sp³-hybridized carbons (Fsp3) is 0.168. The van der Waals surface area contributed by atoms with E-state index in [1.807, 2.05) is 61.7 Å². The maximum atomic E-state index is 12.6. The van der Waals surface area contributed by atoms with Gasteiger partial charge in [0.25, 0.3) is 0 Å². The second kappa shape index (κ2) is 39.3. The predicted octanol–water partition coefficient (Wildman–Crippen LogP) is 27.0. The summed E-state index contributed by atoms with van der Waals surface area (Å²) in [6.07, 6.45) is 14.4. The molecule has 17 heteroatoms. The molecule has 0 aliphatic heterocycles. The summed E-state index contributed by atoms with van der Waals surface area (Å²) in [7, 11) is -4.09. The molecule has 22 rings (SSSR count). The van der Waals surface area contributed by atoms with Crippen LogP contribution in [0.4, 0.5) is 41.7 Å². The second-order valence-corrected chi connectivity index (χ2v) is 38.3. The Hall–Kier alpha value is -12.7. The van der Waals surface area contributed by atoms with Crippen LogP contribution in [0, 0.1) is 6.92 Å². The second-order valence-electron chi connectivity index (χ2n) is 34.0. The molecule has 0 spiro atoms. The van der Waals surface area contributed by atoms with Gasteiger partial charge in [-0.1, -0.05) is 310 Å². The minimum absolute atomic E-state index is 0. The van der Waals surface area contributed by atoms with Crippen LogP contribution in [0.5, 0.6) is 11.6 Å². The SMILES string of the molecule is CC(C)(C)[O-].COc1cccc(C)c1-c1ccccc1P(C1CCCCC1)C1CCCCC1.O=S(=O)(Oc1ccc2c3ccccc3c3ccccc3c2n1)C(F)(F)F.[Na+].c1ccc(N(c2ccc3c(c2)c2ccccc2n3-c2ccccc2)c2ccc3c4ccccc4c4ccccc4c3n2)cc1.c1ccc(Nc2ccc3c(c2)c2ccccc2n3-c2ccccc2)cc1. The van der Waals surface area contributed by atoms with Crippen molar-refractivity contribution in [1.82, 2.24) is 19.1 Å². The van der Waals surface area contributed by atoms with Gasteiger partial charge >= 0.3 is 45.2 Å². The van der Waals surface area contributed by atoms with Crippen molar-refractivity contribution in [3.63, 3.8) is 0 Å². The van der Waals surface area contributed by atoms with E-state index in [0.717, 1.165) is 89.8 Å². The average Bonchev–Trinajstić information content (AvgIpc) is 1.52. The molecule has 4 aromatic heterocycles. The Balaban J connectivity index is 0.000000122. The molecule has 2 aliphatic carbocycles. The fourth-order valence-electron chi connectivity index (χ4n) is 18.8. The number of halogens is 3. The number of aryl methyl sites for hydroxylation is 1. The number of nitrogens with zero attached hydrogens (tertiary/aromatic N) is 5. The monoisotopic (exact) mass is 1760 g/mol. The molecule has 11 nitrogen and oxygen atoms in total. The number of benzene rings is 16. The normalized spacial score (nSPS) is 13.3. The van der Waals surface area contributed by atoms with Crippen LogP contribution in [-0.2, 0) is 10.1 Å². The van der Waals surface area contributed by atoms with E-state index in [-0.39, 0.29) is 37.5 Å². The molecule has 644 valence electrons. The number of anilines is 5. The van der Waals surface area contributed by atoms with E-state index in [9.17, 15) is 26.7 Å². The van der Waals surface area contributed by atoms with E-state index in [1.54, 1.807) is 38.2 Å². The minimum Gasteiger partial charge on any atom is -0.850 e. The summed E-state index contributed by atoms with van der Waals surface area (Å²) in [6.45, 7) is 7.13. The maximum absolute atomic E-state index is 12.6. The first-order chi connectivity index (χ1) is 62.8. The summed E-state index contributed by atoms with van der Waals surface area (Å²) in [5, 5.41) is 30.3. The van der Waals surface area contributed by atoms with E-state index in [2.05, 4.69) is 327 Å². The van der Waals surface area contributed by atoms with Gasteiger partial charge in [-0.15, -0.1) is 5.60 Å². The first-order valence-corrected chi connectivity index (χ1v) is 47.2. The summed E-state index contributed by atoms with van der Waals surface area (Å²) in [6, 6.07) is 128. The van der Waals surface area contributed by atoms with E-state index in [1.165, 1.54) is 152 Å². The molecule has 2 saturated carbocycles. The number of methoxy groups -OCH3 is 1. The van der Waals surface area contributed by atoms with E-state index >= 15 is 0 Å². The Kier molecular flexibility index (Phi) is 27.0. The zero-order valence-corrected chi connectivity index (χ0v) is 77.4. The van der Waals surface area contributed by atoms with Crippen molar-refractivity contribution in [1.29, 1.82) is 0 Å². The van der Waals surface area contributed by atoms with Crippen LogP contribution in [0.15, 0.2) is 370 Å². The van der Waals surface area contributed by atoms with Crippen molar-refractivity contribution >= 4 is 160 Å². The molecule has 130 heavy (non-hydrogen) atoms. The number of nitrogens with one attached hydrogen (secondary N) is 1. The molecule has 0 unspecified atom stereocenters. The maximum Gasteiger partial charge on any atom is 1.00 e. The third-order valence-corrected chi connectivity index (χ3v) is 28.9. The van der Waals surface area contributed by atoms with Gasteiger partial charge in [-0.2, -0.15) is 21.6 Å². The number of aromatic nitrogens is 4. The third-order valence-electron chi connectivity index (χ3n) is 24.4. The molecule has 0 saturated heterocycles. The van der Waals surface area contributed by atoms with Gasteiger partial charge in [-0.25, -0.2) is 9.97 Å². The number of ether oxygens (including phenoxy) is 1. The number of para-hydroxylation sites is 6. The molecular weight excluding hydrogens is 1660 g/mol. The smallest absolute Gasteiger partial charge is 0.850 e. The number of hydrogen-bond donors (Lipinski definition) is 1. The standard InChI is InChI=1S/C41H27N3.C26H35OP.C24H18N2.C18H10F3NO3S.C4H9O.Na/c1-3-13-28(14-4-1)43(40-26-24-36-33-19-8-7-17-31(33)32-18-9-10-21-35(32)41(36)42-40)30-23-25-39-37(27-30)34-20-11-12-22-38(34)44(39)29-15-5-2-6-16-29;1-20-12-11-18-24(27-2)26(20)23-17-9-10-19-25(23)28(21-13-5-3-6-14-21)22-15-7-4-8-16-22;1-3-9-18(10-4-1)25-19-15-16-24-22(17-19)21-13-7-8-14-23(21)26(24)20-11-5-2-6-12-20;19-18(20,21)26(23,24)25-16-10-9-15-13-7-2-1-5-11(13)12-6-3-4-8-14(12)17(15)22-16;1-4(2,3)5;/h1-27H;9-12,17-19,21-22H,3-8,13-16H2,1-2H3;1-17,25H;1-10H;1-3H3;/q;;;;-1;+1. The Labute approximate surface area is 780 Å². The Morgan fingerprint density at radius 1 is 0.400 bits per heavy atom. The molecule has 0 bridgehead atoms. The fourth-order valence-corrected chi connectivity index (χ4v) is 23.2. The predicted molar refractivity (Wildman–Crippen MR) is 532 cm³/mol. The van der Waals surface area contributed by atoms with Gasteiger partial charge in [0.1, 0.15) is 11.6 Å². The van der Waals surface area contributed by atoms with Crippen molar-refractivity contribution in [2.45, 2.75) is 114 Å². The van der Waals surface area contributed by atoms with Crippen LogP contribution >= 0.6 is 7.92 Å². The van der Waals surface area contributed by atoms with Gasteiger partial charge in [0.05, 0.1) is 40.2 Å². The van der Waals surface area contributed by atoms with Gasteiger partial charge in [-0.05, 0) is 214 Å². The quantitative estimate of drug-likeness (QED) is 0.0372. The van der Waals surface area contributed by atoms with Gasteiger partial charge in [0.2, 0.25) is 5.88 Å². The molecule has 4 heterocycles. The molecule has 0 radical (unpaired) electrons. The number of alkyl halides is 3. The number of fused-ring (bicyclic) bond motifs is 18. The van der Waals surface area contributed by atoms with Crippen LogP contribution in [-0.4, -0.2) is 57.1 Å². The average molecular weight is 1760 g/mol. The zero-order chi connectivity index (χ0) is 88.8. The summed E-state index contributed by atoms with van der Waals surface area (Å²) in [5.41, 5.74) is 12.5. The van der Waals surface area contributed by atoms with E-state index in [4.69, 9.17) is 9.72 Å². The number of rotatable bonds is 14. The van der Waals surface area contributed by atoms with Gasteiger partial charge in [0, 0.05) is 88.8 Å². The van der Waals surface area contributed by atoms with Crippen molar-refractivity contribution < 1.29 is 65.2 Å². The van der Waals surface area contributed by atoms with Crippen LogP contribution in [0.2, 0.25) is 0 Å². The first-order valence-electron chi connectivity index (χ1n) is 44.3. The Bertz CT molecular complexity index is 7460. The molecular formula is C113H99F3N6NaO5PS. The Morgan fingerprint density at radius 3 is 1.30 bits per heavy atom. The molecule has 0 atom stereocenters. The minimum atomic E-state index is -5.78. The van der Waals surface area contributed by atoms with Crippen molar-refractivity contribution in [2.24, 2.45) is 0 Å². The molecule has 20 aromatic rings. The van der Waals surface area contributed by atoms with Crippen molar-refractivity contribution in [3.8, 4) is 34.1 Å². The summed E-state index contributed by atoms with van der Waals surface area (Å²) in [4.78, 5) is 11.7. The van der Waals surface area contributed by atoms with E-state index in [0.29, 0.717) is 16.3 Å². The van der Waals surface area contributed by atoms with Crippen LogP contribution < -0.4 is 59.1 Å². The molecule has 16 aromatic carbocycles. The van der Waals surface area contributed by atoms with Gasteiger partial charge in [0.15, 0.2) is 0 Å². The molecule has 0 amide bonds. The van der Waals surface area contributed by atoms with Gasteiger partial charge < -0.3 is 28.5 Å². The van der Waals surface area contributed by atoms with Gasteiger partial charge in [-0.3, -0.25) is 4.90 Å². The van der Waals surface area contributed by atoms with Crippen LogP contribution in [0.1, 0.15) is 90.5 Å². The first kappa shape index (κ1) is 89.3. The third kappa shape index (κ3) is 18.9. The molecule has 1 N–H and O–H groups in total. The zero-order valence-electron chi connectivity index (χ0n) is 73.7. The number of hydrogen-bond acceptors (Lipinski definition) is 9. The van der Waals surface area contributed by atoms with Crippen molar-refractivity contribution in [2.75, 3.05) is 17.3 Å². The molecule has 2 fully saturated rings. The Morgan fingerprint density at radius 2 is 0.800 bits per heavy atom. The number of pyridine rings is 2. The summed E-state index contributed by atoms with van der Waals surface area (Å²) >= 11 is 0. The summed E-state index contributed by atoms with van der Waals surface area (Å²) in [5.74, 6) is 1.28. The molecule has 2 aliphatic rings. The van der Waals surface area contributed by atoms with Crippen LogP contribution in [0.3, 0.4) is 0 Å². The van der Waals surface area contributed by atoms with Crippen LogP contribution in [0.25, 0.3) is 131 Å².